The van der Waals surface area contributed by atoms with Crippen molar-refractivity contribution in [3.8, 4) is 23.0 Å². The third-order valence-electron chi connectivity index (χ3n) is 5.68. The molecule has 2 aromatic rings. The van der Waals surface area contributed by atoms with E-state index in [9.17, 15) is 24.5 Å². The molecule has 3 rings (SSSR count). The SMILES string of the molecule is COC(=O)C1=C(C)NC(=O)NC1c1ccc(OCC(=O)N/N=C/c2cc(OC)c(OC)cc2[N+](=O)[O-])c(OC)c1. The zero-order valence-electron chi connectivity index (χ0n) is 22.2. The molecule has 1 heterocycles. The summed E-state index contributed by atoms with van der Waals surface area (Å²) in [6, 6.07) is 5.87. The lowest BCUT2D eigenvalue weighted by atomic mass is 9.95. The molecule has 3 amide bonds. The number of benzene rings is 2. The van der Waals surface area contributed by atoms with Crippen LogP contribution in [-0.4, -0.2) is 64.1 Å². The average Bonchev–Trinajstić information content (AvgIpc) is 2.94. The van der Waals surface area contributed by atoms with E-state index in [0.717, 1.165) is 6.21 Å². The molecule has 0 radical (unpaired) electrons. The third kappa shape index (κ3) is 6.56. The lowest BCUT2D eigenvalue weighted by Gasteiger charge is -2.28. The molecule has 1 aliphatic rings. The van der Waals surface area contributed by atoms with Crippen molar-refractivity contribution in [1.82, 2.24) is 16.1 Å². The van der Waals surface area contributed by atoms with Crippen LogP contribution in [0.3, 0.4) is 0 Å². The van der Waals surface area contributed by atoms with Crippen molar-refractivity contribution < 1.29 is 43.0 Å². The maximum atomic E-state index is 12.3. The second-order valence-corrected chi connectivity index (χ2v) is 8.08. The van der Waals surface area contributed by atoms with E-state index in [2.05, 4.69) is 21.2 Å². The summed E-state index contributed by atoms with van der Waals surface area (Å²) in [5.41, 5.74) is 3.05. The topological polar surface area (TPSA) is 189 Å². The molecule has 1 atom stereocenters. The summed E-state index contributed by atoms with van der Waals surface area (Å²) in [7, 11) is 5.34. The average molecular weight is 558 g/mol. The van der Waals surface area contributed by atoms with Gasteiger partial charge in [0.1, 0.15) is 0 Å². The maximum Gasteiger partial charge on any atom is 0.337 e. The lowest BCUT2D eigenvalue weighted by Crippen LogP contribution is -2.45. The van der Waals surface area contributed by atoms with Gasteiger partial charge in [-0.2, -0.15) is 5.10 Å². The number of rotatable bonds is 11. The Labute approximate surface area is 228 Å². The zero-order chi connectivity index (χ0) is 29.4. The highest BCUT2D eigenvalue weighted by atomic mass is 16.6. The molecule has 1 aliphatic heterocycles. The molecule has 0 aliphatic carbocycles. The van der Waals surface area contributed by atoms with Crippen LogP contribution in [0, 0.1) is 10.1 Å². The van der Waals surface area contributed by atoms with Gasteiger partial charge in [-0.25, -0.2) is 15.0 Å². The Morgan fingerprint density at radius 3 is 2.33 bits per heavy atom. The summed E-state index contributed by atoms with van der Waals surface area (Å²) in [6.07, 6.45) is 1.09. The molecule has 2 aromatic carbocycles. The first-order chi connectivity index (χ1) is 19.1. The van der Waals surface area contributed by atoms with Crippen molar-refractivity contribution in [3.63, 3.8) is 0 Å². The van der Waals surface area contributed by atoms with Gasteiger partial charge in [-0.1, -0.05) is 6.07 Å². The molecule has 0 bridgehead atoms. The predicted molar refractivity (Wildman–Crippen MR) is 140 cm³/mol. The number of carbonyl (C=O) groups is 3. The second kappa shape index (κ2) is 12.9. The molecule has 0 saturated heterocycles. The Kier molecular flexibility index (Phi) is 9.46. The van der Waals surface area contributed by atoms with Crippen LogP contribution in [0.2, 0.25) is 0 Å². The van der Waals surface area contributed by atoms with Crippen LogP contribution in [0.15, 0.2) is 46.7 Å². The van der Waals surface area contributed by atoms with Gasteiger partial charge in [0.2, 0.25) is 0 Å². The molecule has 3 N–H and O–H groups in total. The summed E-state index contributed by atoms with van der Waals surface area (Å²) in [5, 5.41) is 20.4. The first kappa shape index (κ1) is 29.2. The smallest absolute Gasteiger partial charge is 0.337 e. The molecular formula is C25H27N5O10. The minimum absolute atomic E-state index is 0.0711. The first-order valence-corrected chi connectivity index (χ1v) is 11.5. The van der Waals surface area contributed by atoms with Crippen molar-refractivity contribution in [2.24, 2.45) is 5.10 Å². The number of nitro benzene ring substituents is 1. The Hall–Kier alpha value is -5.34. The number of ether oxygens (including phenoxy) is 5. The Balaban J connectivity index is 1.71. The molecular weight excluding hydrogens is 530 g/mol. The minimum Gasteiger partial charge on any atom is -0.493 e. The van der Waals surface area contributed by atoms with Gasteiger partial charge in [0.15, 0.2) is 29.6 Å². The number of methoxy groups -OCH3 is 4. The highest BCUT2D eigenvalue weighted by molar-refractivity contribution is 5.95. The highest BCUT2D eigenvalue weighted by Crippen LogP contribution is 2.35. The number of nitro groups is 1. The van der Waals surface area contributed by atoms with E-state index >= 15 is 0 Å². The van der Waals surface area contributed by atoms with Crippen molar-refractivity contribution in [3.05, 3.63) is 62.8 Å². The summed E-state index contributed by atoms with van der Waals surface area (Å²) >= 11 is 0. The van der Waals surface area contributed by atoms with Crippen molar-refractivity contribution in [2.45, 2.75) is 13.0 Å². The molecule has 1 unspecified atom stereocenters. The second-order valence-electron chi connectivity index (χ2n) is 8.08. The van der Waals surface area contributed by atoms with Gasteiger partial charge in [-0.15, -0.1) is 0 Å². The van der Waals surface area contributed by atoms with Crippen LogP contribution < -0.4 is 35.0 Å². The first-order valence-electron chi connectivity index (χ1n) is 11.5. The monoisotopic (exact) mass is 557 g/mol. The molecule has 212 valence electrons. The Bertz CT molecular complexity index is 1390. The number of carbonyl (C=O) groups excluding carboxylic acids is 3. The van der Waals surface area contributed by atoms with Crippen molar-refractivity contribution in [2.75, 3.05) is 35.0 Å². The summed E-state index contributed by atoms with van der Waals surface area (Å²) in [4.78, 5) is 47.5. The summed E-state index contributed by atoms with van der Waals surface area (Å²) in [5.74, 6) is -0.453. The molecule has 0 spiro atoms. The lowest BCUT2D eigenvalue weighted by molar-refractivity contribution is -0.385. The number of esters is 1. The molecule has 40 heavy (non-hydrogen) atoms. The maximum absolute atomic E-state index is 12.3. The van der Waals surface area contributed by atoms with E-state index in [1.807, 2.05) is 0 Å². The number of urea groups is 1. The normalized spacial score (nSPS) is 14.6. The fourth-order valence-corrected chi connectivity index (χ4v) is 3.80. The molecule has 15 heteroatoms. The van der Waals surface area contributed by atoms with Crippen LogP contribution >= 0.6 is 0 Å². The fraction of sp³-hybridized carbons (Fsp3) is 0.280. The summed E-state index contributed by atoms with van der Waals surface area (Å²) in [6.45, 7) is 1.11. The van der Waals surface area contributed by atoms with Crippen LogP contribution in [0.25, 0.3) is 0 Å². The van der Waals surface area contributed by atoms with Gasteiger partial charge in [-0.05, 0) is 30.7 Å². The van der Waals surface area contributed by atoms with Crippen LogP contribution in [0.1, 0.15) is 24.1 Å². The van der Waals surface area contributed by atoms with Crippen LogP contribution in [0.5, 0.6) is 23.0 Å². The quantitative estimate of drug-likeness (QED) is 0.159. The van der Waals surface area contributed by atoms with E-state index in [-0.39, 0.29) is 39.8 Å². The van der Waals surface area contributed by atoms with Crippen molar-refractivity contribution in [1.29, 1.82) is 0 Å². The number of nitrogens with zero attached hydrogens (tertiary/aromatic N) is 2. The van der Waals surface area contributed by atoms with Gasteiger partial charge in [0.25, 0.3) is 11.6 Å². The molecule has 0 aromatic heterocycles. The third-order valence-corrected chi connectivity index (χ3v) is 5.68. The predicted octanol–water partition coefficient (Wildman–Crippen LogP) is 1.95. The van der Waals surface area contributed by atoms with Crippen LogP contribution in [-0.2, 0) is 14.3 Å². The number of amides is 3. The number of hydrazone groups is 1. The van der Waals surface area contributed by atoms with Crippen LogP contribution in [0.4, 0.5) is 10.5 Å². The van der Waals surface area contributed by atoms with Gasteiger partial charge >= 0.3 is 12.0 Å². The van der Waals surface area contributed by atoms with Gasteiger partial charge in [0.05, 0.1) is 62.8 Å². The number of hydrogen-bond donors (Lipinski definition) is 3. The highest BCUT2D eigenvalue weighted by Gasteiger charge is 2.32. The number of allylic oxidation sites excluding steroid dienone is 1. The van der Waals surface area contributed by atoms with Gasteiger partial charge < -0.3 is 34.3 Å². The van der Waals surface area contributed by atoms with E-state index < -0.39 is 35.5 Å². The fourth-order valence-electron chi connectivity index (χ4n) is 3.80. The molecule has 15 nitrogen and oxygen atoms in total. The largest absolute Gasteiger partial charge is 0.493 e. The molecule has 0 fully saturated rings. The van der Waals surface area contributed by atoms with E-state index in [1.54, 1.807) is 19.1 Å². The molecule has 0 saturated carbocycles. The summed E-state index contributed by atoms with van der Waals surface area (Å²) < 4.78 is 26.0. The Morgan fingerprint density at radius 1 is 1.05 bits per heavy atom. The number of nitrogens with one attached hydrogen (secondary N) is 3. The van der Waals surface area contributed by atoms with E-state index in [0.29, 0.717) is 11.3 Å². The standard InChI is InChI=1S/C25H27N5O10/c1-13-22(24(32)39-5)23(28-25(33)27-13)14-6-7-17(18(8-14)36-2)40-12-21(31)29-26-11-15-9-19(37-3)20(38-4)10-16(15)30(34)35/h6-11,23H,12H2,1-5H3,(H,29,31)(H2,27,28,33)/b26-11+. The van der Waals surface area contributed by atoms with Gasteiger partial charge in [0, 0.05) is 5.70 Å². The number of hydrogen-bond acceptors (Lipinski definition) is 11. The zero-order valence-corrected chi connectivity index (χ0v) is 22.2. The minimum atomic E-state index is -0.817. The van der Waals surface area contributed by atoms with Gasteiger partial charge in [-0.3, -0.25) is 14.9 Å². The van der Waals surface area contributed by atoms with E-state index in [1.165, 1.54) is 46.6 Å². The van der Waals surface area contributed by atoms with E-state index in [4.69, 9.17) is 23.7 Å². The van der Waals surface area contributed by atoms with Crippen molar-refractivity contribution >= 4 is 29.8 Å². The Morgan fingerprint density at radius 2 is 1.70 bits per heavy atom.